The van der Waals surface area contributed by atoms with Gasteiger partial charge in [0.2, 0.25) is 5.88 Å². The summed E-state index contributed by atoms with van der Waals surface area (Å²) < 4.78 is 7.59. The van der Waals surface area contributed by atoms with Gasteiger partial charge in [-0.3, -0.25) is 24.3 Å². The molecule has 4 aromatic heterocycles. The smallest absolute Gasteiger partial charge is 0.214 e. The molecule has 4 aromatic rings. The van der Waals surface area contributed by atoms with Crippen molar-refractivity contribution >= 4 is 16.6 Å². The van der Waals surface area contributed by atoms with Gasteiger partial charge >= 0.3 is 0 Å². The Kier molecular flexibility index (Phi) is 4.91. The van der Waals surface area contributed by atoms with Gasteiger partial charge in [0.25, 0.3) is 0 Å². The highest BCUT2D eigenvalue weighted by atomic mass is 16.5. The first-order valence-corrected chi connectivity index (χ1v) is 10.1. The third kappa shape index (κ3) is 4.15. The maximum Gasteiger partial charge on any atom is 0.214 e. The molecule has 5 heterocycles. The monoisotopic (exact) mass is 414 g/mol. The summed E-state index contributed by atoms with van der Waals surface area (Å²) >= 11 is 0. The van der Waals surface area contributed by atoms with Crippen molar-refractivity contribution in [3.8, 4) is 17.1 Å². The zero-order valence-corrected chi connectivity index (χ0v) is 17.4. The highest BCUT2D eigenvalue weighted by Gasteiger charge is 2.25. The van der Waals surface area contributed by atoms with E-state index in [0.29, 0.717) is 17.1 Å². The van der Waals surface area contributed by atoms with Crippen LogP contribution in [0.15, 0.2) is 55.2 Å². The standard InChI is InChI=1S/C23H22N6O2/c1-28-13-20(14-28)31-23-7-15(3-4-24-23)22(30)8-19-5-16-6-21(18-11-27-29(2)12-18)26-10-17(16)9-25-19/h3-7,9-12,20H,8,13-14H2,1-2H3. The quantitative estimate of drug-likeness (QED) is 0.448. The first-order chi connectivity index (χ1) is 15.0. The number of hydrogen-bond acceptors (Lipinski definition) is 7. The molecule has 0 N–H and O–H groups in total. The number of hydrogen-bond donors (Lipinski definition) is 0. The van der Waals surface area contributed by atoms with Crippen LogP contribution in [0.1, 0.15) is 16.1 Å². The third-order valence-electron chi connectivity index (χ3n) is 5.38. The van der Waals surface area contributed by atoms with Crippen LogP contribution < -0.4 is 4.74 Å². The number of carbonyl (C=O) groups is 1. The zero-order valence-electron chi connectivity index (χ0n) is 17.4. The van der Waals surface area contributed by atoms with Crippen LogP contribution in [0.3, 0.4) is 0 Å². The molecule has 31 heavy (non-hydrogen) atoms. The molecule has 0 radical (unpaired) electrons. The average molecular weight is 414 g/mol. The number of nitrogens with zero attached hydrogens (tertiary/aromatic N) is 6. The van der Waals surface area contributed by atoms with Gasteiger partial charge in [0, 0.05) is 73.2 Å². The van der Waals surface area contributed by atoms with E-state index in [9.17, 15) is 4.79 Å². The largest absolute Gasteiger partial charge is 0.472 e. The Bertz CT molecular complexity index is 1260. The maximum absolute atomic E-state index is 12.9. The zero-order chi connectivity index (χ0) is 21.4. The summed E-state index contributed by atoms with van der Waals surface area (Å²) in [6.07, 6.45) is 9.20. The number of likely N-dealkylation sites (N-methyl/N-ethyl adjacent to an activating group) is 1. The molecule has 1 aliphatic rings. The molecule has 0 unspecified atom stereocenters. The molecule has 1 aliphatic heterocycles. The van der Waals surface area contributed by atoms with Crippen molar-refractivity contribution in [2.24, 2.45) is 7.05 Å². The highest BCUT2D eigenvalue weighted by Crippen LogP contribution is 2.22. The summed E-state index contributed by atoms with van der Waals surface area (Å²) in [7, 11) is 3.91. The lowest BCUT2D eigenvalue weighted by Gasteiger charge is -2.35. The SMILES string of the molecule is CN1CC(Oc2cc(C(=O)Cc3cc4cc(-c5cnn(C)c5)ncc4cn3)ccn2)C1. The lowest BCUT2D eigenvalue weighted by atomic mass is 10.1. The molecular formula is C23H22N6O2. The van der Waals surface area contributed by atoms with Crippen LogP contribution in [-0.4, -0.2) is 61.7 Å². The van der Waals surface area contributed by atoms with Crippen molar-refractivity contribution in [3.05, 3.63) is 66.5 Å². The van der Waals surface area contributed by atoms with Crippen LogP contribution >= 0.6 is 0 Å². The van der Waals surface area contributed by atoms with Crippen molar-refractivity contribution < 1.29 is 9.53 Å². The Hall–Kier alpha value is -3.65. The summed E-state index contributed by atoms with van der Waals surface area (Å²) in [6.45, 7) is 1.74. The molecule has 0 atom stereocenters. The van der Waals surface area contributed by atoms with Crippen molar-refractivity contribution in [1.82, 2.24) is 29.6 Å². The Morgan fingerprint density at radius 2 is 1.90 bits per heavy atom. The van der Waals surface area contributed by atoms with E-state index in [0.717, 1.165) is 35.1 Å². The molecule has 0 spiro atoms. The van der Waals surface area contributed by atoms with Crippen molar-refractivity contribution in [3.63, 3.8) is 0 Å². The summed E-state index contributed by atoms with van der Waals surface area (Å²) in [4.78, 5) is 28.2. The molecule has 0 bridgehead atoms. The minimum Gasteiger partial charge on any atom is -0.472 e. The normalized spacial score (nSPS) is 14.5. The number of fused-ring (bicyclic) bond motifs is 1. The lowest BCUT2D eigenvalue weighted by Crippen LogP contribution is -2.51. The summed E-state index contributed by atoms with van der Waals surface area (Å²) in [5.74, 6) is 0.467. The fourth-order valence-electron chi connectivity index (χ4n) is 3.69. The third-order valence-corrected chi connectivity index (χ3v) is 5.38. The highest BCUT2D eigenvalue weighted by molar-refractivity contribution is 5.98. The Morgan fingerprint density at radius 3 is 2.68 bits per heavy atom. The van der Waals surface area contributed by atoms with E-state index in [2.05, 4.69) is 25.0 Å². The number of ether oxygens (including phenoxy) is 1. The van der Waals surface area contributed by atoms with E-state index in [4.69, 9.17) is 4.74 Å². The fourth-order valence-corrected chi connectivity index (χ4v) is 3.69. The Morgan fingerprint density at radius 1 is 1.06 bits per heavy atom. The number of aryl methyl sites for hydroxylation is 1. The van der Waals surface area contributed by atoms with Crippen molar-refractivity contribution in [2.45, 2.75) is 12.5 Å². The Balaban J connectivity index is 1.34. The molecule has 0 saturated carbocycles. The average Bonchev–Trinajstić information content (AvgIpc) is 3.19. The van der Waals surface area contributed by atoms with E-state index >= 15 is 0 Å². The number of carbonyl (C=O) groups excluding carboxylic acids is 1. The fraction of sp³-hybridized carbons (Fsp3) is 0.261. The predicted octanol–water partition coefficient (Wildman–Crippen LogP) is 2.54. The lowest BCUT2D eigenvalue weighted by molar-refractivity contribution is 0.0355. The second-order valence-electron chi connectivity index (χ2n) is 7.94. The van der Waals surface area contributed by atoms with Gasteiger partial charge in [-0.05, 0) is 30.6 Å². The molecule has 1 fully saturated rings. The number of Topliss-reactive ketones (excluding diaryl/α,β-unsaturated/α-hetero) is 1. The molecule has 0 aromatic carbocycles. The summed E-state index contributed by atoms with van der Waals surface area (Å²) in [6, 6.07) is 7.37. The molecular weight excluding hydrogens is 392 g/mol. The molecule has 8 heteroatoms. The van der Waals surface area contributed by atoms with Crippen LogP contribution in [0.5, 0.6) is 5.88 Å². The minimum atomic E-state index is -0.0219. The second kappa shape index (κ2) is 7.88. The summed E-state index contributed by atoms with van der Waals surface area (Å²) in [5, 5.41) is 6.11. The van der Waals surface area contributed by atoms with Gasteiger partial charge in [-0.1, -0.05) is 0 Å². The Labute approximate surface area is 179 Å². The van der Waals surface area contributed by atoms with Gasteiger partial charge in [-0.15, -0.1) is 0 Å². The number of aromatic nitrogens is 5. The van der Waals surface area contributed by atoms with E-state index in [1.807, 2.05) is 32.4 Å². The second-order valence-corrected chi connectivity index (χ2v) is 7.94. The van der Waals surface area contributed by atoms with Gasteiger partial charge < -0.3 is 4.74 Å². The van der Waals surface area contributed by atoms with Gasteiger partial charge in [0.15, 0.2) is 5.78 Å². The van der Waals surface area contributed by atoms with Gasteiger partial charge in [-0.25, -0.2) is 4.98 Å². The first-order valence-electron chi connectivity index (χ1n) is 10.1. The number of pyridine rings is 3. The van der Waals surface area contributed by atoms with E-state index in [1.165, 1.54) is 0 Å². The van der Waals surface area contributed by atoms with Crippen molar-refractivity contribution in [1.29, 1.82) is 0 Å². The first kappa shape index (κ1) is 19.3. The summed E-state index contributed by atoms with van der Waals surface area (Å²) in [5.41, 5.74) is 3.06. The molecule has 1 saturated heterocycles. The molecule has 156 valence electrons. The van der Waals surface area contributed by atoms with Gasteiger partial charge in [-0.2, -0.15) is 5.10 Å². The topological polar surface area (TPSA) is 86.0 Å². The predicted molar refractivity (Wildman–Crippen MR) is 116 cm³/mol. The minimum absolute atomic E-state index is 0.0219. The van der Waals surface area contributed by atoms with Gasteiger partial charge in [0.05, 0.1) is 18.3 Å². The van der Waals surface area contributed by atoms with Crippen LogP contribution in [0.25, 0.3) is 22.0 Å². The number of ketones is 1. The van der Waals surface area contributed by atoms with E-state index in [-0.39, 0.29) is 18.3 Å². The number of rotatable bonds is 6. The van der Waals surface area contributed by atoms with E-state index < -0.39 is 0 Å². The van der Waals surface area contributed by atoms with Crippen molar-refractivity contribution in [2.75, 3.05) is 20.1 Å². The van der Waals surface area contributed by atoms with E-state index in [1.54, 1.807) is 41.6 Å². The maximum atomic E-state index is 12.9. The molecule has 0 amide bonds. The molecule has 0 aliphatic carbocycles. The molecule has 5 rings (SSSR count). The van der Waals surface area contributed by atoms with Crippen LogP contribution in [-0.2, 0) is 13.5 Å². The van der Waals surface area contributed by atoms with Crippen LogP contribution in [0.2, 0.25) is 0 Å². The molecule has 8 nitrogen and oxygen atoms in total. The number of likely N-dealkylation sites (tertiary alicyclic amines) is 1. The van der Waals surface area contributed by atoms with Crippen LogP contribution in [0.4, 0.5) is 0 Å². The van der Waals surface area contributed by atoms with Crippen LogP contribution in [0, 0.1) is 0 Å². The van der Waals surface area contributed by atoms with Gasteiger partial charge in [0.1, 0.15) is 6.10 Å².